The van der Waals surface area contributed by atoms with Crippen LogP contribution in [-0.4, -0.2) is 19.6 Å². The van der Waals surface area contributed by atoms with E-state index in [9.17, 15) is 0 Å². The van der Waals surface area contributed by atoms with Gasteiger partial charge in [-0.05, 0) is 42.1 Å². The van der Waals surface area contributed by atoms with Gasteiger partial charge in [-0.1, -0.05) is 24.8 Å². The first-order valence-electron chi connectivity index (χ1n) is 5.39. The summed E-state index contributed by atoms with van der Waals surface area (Å²) in [6, 6.07) is 9.44. The fraction of sp³-hybridized carbons (Fsp3) is 0.250. The molecule has 18 heavy (non-hydrogen) atoms. The van der Waals surface area contributed by atoms with Crippen molar-refractivity contribution in [2.45, 2.75) is 6.92 Å². The van der Waals surface area contributed by atoms with Crippen LogP contribution in [0.2, 0.25) is 0 Å². The van der Waals surface area contributed by atoms with Gasteiger partial charge in [-0.2, -0.15) is 0 Å². The molecule has 0 aliphatic carbocycles. The molecule has 1 aromatic carbocycles. The number of hydrogen-bond donors (Lipinski definition) is 0. The van der Waals surface area contributed by atoms with E-state index in [0.29, 0.717) is 6.61 Å². The van der Waals surface area contributed by atoms with E-state index >= 15 is 0 Å². The molecule has 0 N–H and O–H groups in total. The van der Waals surface area contributed by atoms with Gasteiger partial charge in [-0.25, -0.2) is 0 Å². The lowest BCUT2D eigenvalue weighted by atomic mass is 10.4. The van der Waals surface area contributed by atoms with Crippen molar-refractivity contribution >= 4 is 29.5 Å². The lowest BCUT2D eigenvalue weighted by Gasteiger charge is -2.21. The Labute approximate surface area is 112 Å². The zero-order valence-corrected chi connectivity index (χ0v) is 12.1. The highest BCUT2D eigenvalue weighted by molar-refractivity contribution is 8.13. The van der Waals surface area contributed by atoms with Crippen LogP contribution in [0.5, 0.6) is 0 Å². The summed E-state index contributed by atoms with van der Waals surface area (Å²) in [4.78, 5) is 4.66. The number of oxime groups is 1. The molecule has 98 valence electrons. The third kappa shape index (κ3) is 3.95. The third-order valence-corrected chi connectivity index (χ3v) is 5.07. The third-order valence-electron chi connectivity index (χ3n) is 1.94. The number of benzene rings is 1. The van der Waals surface area contributed by atoms with Crippen LogP contribution in [0.25, 0.3) is 0 Å². The van der Waals surface area contributed by atoms with Gasteiger partial charge in [0.1, 0.15) is 7.11 Å². The fourth-order valence-corrected chi connectivity index (χ4v) is 3.69. The topological polar surface area (TPSA) is 40.0 Å². The summed E-state index contributed by atoms with van der Waals surface area (Å²) in [5.41, 5.74) is 0. The van der Waals surface area contributed by atoms with Crippen LogP contribution in [0.4, 0.5) is 0 Å². The largest absolute Gasteiger partial charge is 0.419 e. The molecule has 1 rings (SSSR count). The predicted octanol–water partition coefficient (Wildman–Crippen LogP) is 2.82. The molecule has 0 aliphatic rings. The number of nitrogens with zero attached hydrogens (tertiary/aromatic N) is 1. The lowest BCUT2D eigenvalue weighted by Crippen LogP contribution is -2.13. The van der Waals surface area contributed by atoms with Crippen LogP contribution in [0.3, 0.4) is 0 Å². The highest BCUT2D eigenvalue weighted by atomic mass is 32.5. The molecular formula is C12H16NO3PS. The molecule has 1 atom stereocenters. The summed E-state index contributed by atoms with van der Waals surface area (Å²) in [7, 11) is 1.43. The summed E-state index contributed by atoms with van der Waals surface area (Å²) in [5, 5.41) is 4.52. The maximum atomic E-state index is 5.66. The van der Waals surface area contributed by atoms with E-state index in [0.717, 1.165) is 5.30 Å². The van der Waals surface area contributed by atoms with Crippen LogP contribution < -0.4 is 5.30 Å². The van der Waals surface area contributed by atoms with E-state index in [4.69, 9.17) is 20.9 Å². The Kier molecular flexibility index (Phi) is 6.05. The molecule has 0 spiro atoms. The van der Waals surface area contributed by atoms with E-state index < -0.39 is 6.49 Å². The van der Waals surface area contributed by atoms with Crippen molar-refractivity contribution in [3.8, 4) is 0 Å². The summed E-state index contributed by atoms with van der Waals surface area (Å²) < 4.78 is 11.3. The van der Waals surface area contributed by atoms with Crippen molar-refractivity contribution in [2.24, 2.45) is 5.16 Å². The molecule has 0 aromatic heterocycles. The number of hydrogen-bond acceptors (Lipinski definition) is 5. The predicted molar refractivity (Wildman–Crippen MR) is 77.7 cm³/mol. The summed E-state index contributed by atoms with van der Waals surface area (Å²) in [5.74, 6) is 0.220. The summed E-state index contributed by atoms with van der Waals surface area (Å²) in [6.45, 7) is 3.31. The van der Waals surface area contributed by atoms with Crippen LogP contribution >= 0.6 is 6.49 Å². The average molecular weight is 285 g/mol. The minimum Gasteiger partial charge on any atom is -0.419 e. The van der Waals surface area contributed by atoms with Crippen molar-refractivity contribution in [3.63, 3.8) is 0 Å². The molecule has 0 heterocycles. The zero-order chi connectivity index (χ0) is 13.4. The second-order valence-electron chi connectivity index (χ2n) is 3.16. The summed E-state index contributed by atoms with van der Waals surface area (Å²) >= 11 is 5.51. The molecule has 0 bridgehead atoms. The highest BCUT2D eigenvalue weighted by Crippen LogP contribution is 2.47. The van der Waals surface area contributed by atoms with Crippen LogP contribution in [0.1, 0.15) is 6.92 Å². The molecular weight excluding hydrogens is 269 g/mol. The second kappa shape index (κ2) is 7.31. The second-order valence-corrected chi connectivity index (χ2v) is 6.55. The zero-order valence-electron chi connectivity index (χ0n) is 10.4. The average Bonchev–Trinajstić information content (AvgIpc) is 2.39. The minimum atomic E-state index is -2.62. The normalized spacial score (nSPS) is 14.7. The first-order chi connectivity index (χ1) is 8.66. The molecule has 0 saturated heterocycles. The van der Waals surface area contributed by atoms with Crippen molar-refractivity contribution in [2.75, 3.05) is 13.7 Å². The van der Waals surface area contributed by atoms with Gasteiger partial charge in [0.05, 0.1) is 6.61 Å². The molecule has 0 aliphatic heterocycles. The van der Waals surface area contributed by atoms with E-state index in [1.54, 1.807) is 0 Å². The Morgan fingerprint density at radius 2 is 2.11 bits per heavy atom. The fourth-order valence-electron chi connectivity index (χ4n) is 1.24. The van der Waals surface area contributed by atoms with Crippen LogP contribution in [0, 0.1) is 0 Å². The number of rotatable bonds is 6. The Morgan fingerprint density at radius 1 is 1.44 bits per heavy atom. The Bertz CT molecular complexity index is 462. The van der Waals surface area contributed by atoms with Crippen molar-refractivity contribution in [1.29, 1.82) is 0 Å². The molecule has 0 amide bonds. The van der Waals surface area contributed by atoms with Gasteiger partial charge in [0, 0.05) is 5.30 Å². The molecule has 4 nitrogen and oxygen atoms in total. The van der Waals surface area contributed by atoms with E-state index in [-0.39, 0.29) is 5.90 Å². The molecule has 0 radical (unpaired) electrons. The van der Waals surface area contributed by atoms with Crippen molar-refractivity contribution in [3.05, 3.63) is 43.0 Å². The minimum absolute atomic E-state index is 0.220. The van der Waals surface area contributed by atoms with Gasteiger partial charge in [-0.15, -0.1) is 0 Å². The molecule has 6 heteroatoms. The van der Waals surface area contributed by atoms with E-state index in [1.165, 1.54) is 13.2 Å². The SMILES string of the molecule is C=CC(=NOC)OP(=S)(OCC)c1ccccc1. The Morgan fingerprint density at radius 3 is 2.61 bits per heavy atom. The van der Waals surface area contributed by atoms with Crippen molar-refractivity contribution < 1.29 is 13.9 Å². The highest BCUT2D eigenvalue weighted by Gasteiger charge is 2.24. The van der Waals surface area contributed by atoms with Gasteiger partial charge in [0.25, 0.3) is 12.4 Å². The maximum absolute atomic E-state index is 5.66. The molecule has 1 unspecified atom stereocenters. The molecule has 1 aromatic rings. The molecule has 0 saturated carbocycles. The van der Waals surface area contributed by atoms with Crippen LogP contribution in [-0.2, 0) is 25.7 Å². The van der Waals surface area contributed by atoms with E-state index in [1.807, 2.05) is 37.3 Å². The quantitative estimate of drug-likeness (QED) is 0.349. The summed E-state index contributed by atoms with van der Waals surface area (Å²) in [6.07, 6.45) is 1.44. The van der Waals surface area contributed by atoms with Crippen LogP contribution in [0.15, 0.2) is 48.1 Å². The molecule has 0 fully saturated rings. The first kappa shape index (κ1) is 14.9. The van der Waals surface area contributed by atoms with Crippen molar-refractivity contribution in [1.82, 2.24) is 0 Å². The Hall–Kier alpha value is -1.16. The van der Waals surface area contributed by atoms with Gasteiger partial charge < -0.3 is 13.9 Å². The maximum Gasteiger partial charge on any atom is 0.270 e. The smallest absolute Gasteiger partial charge is 0.270 e. The Balaban J connectivity index is 3.05. The van der Waals surface area contributed by atoms with Gasteiger partial charge in [-0.3, -0.25) is 0 Å². The van der Waals surface area contributed by atoms with E-state index in [2.05, 4.69) is 16.6 Å². The first-order valence-corrected chi connectivity index (χ1v) is 8.03. The van der Waals surface area contributed by atoms with Gasteiger partial charge in [0.15, 0.2) is 0 Å². The monoisotopic (exact) mass is 285 g/mol. The van der Waals surface area contributed by atoms with Gasteiger partial charge >= 0.3 is 0 Å². The standard InChI is InChI=1S/C12H16NO3PS/c1-4-12(13-14-3)16-17(18,15-5-2)11-9-7-6-8-10-11/h4,6-10H,1,5H2,2-3H3. The van der Waals surface area contributed by atoms with Gasteiger partial charge in [0.2, 0.25) is 0 Å². The lowest BCUT2D eigenvalue weighted by molar-refractivity contribution is 0.205.